The average Bonchev–Trinajstić information content (AvgIpc) is 2.99. The van der Waals surface area contributed by atoms with Crippen LogP contribution < -0.4 is 0 Å². The summed E-state index contributed by atoms with van der Waals surface area (Å²) in [5.74, 6) is 2.33. The Balaban J connectivity index is 1.49. The van der Waals surface area contributed by atoms with Gasteiger partial charge in [-0.15, -0.1) is 10.2 Å². The molecule has 1 saturated carbocycles. The van der Waals surface area contributed by atoms with Gasteiger partial charge in [-0.05, 0) is 31.7 Å². The minimum atomic E-state index is 0.498. The highest BCUT2D eigenvalue weighted by Crippen LogP contribution is 2.32. The second-order valence-corrected chi connectivity index (χ2v) is 6.87. The number of rotatable bonds is 5. The summed E-state index contributed by atoms with van der Waals surface area (Å²) in [6.07, 6.45) is 7.38. The number of aromatic nitrogens is 2. The van der Waals surface area contributed by atoms with Crippen molar-refractivity contribution in [2.24, 2.45) is 0 Å². The summed E-state index contributed by atoms with van der Waals surface area (Å²) in [6, 6.07) is 8.70. The van der Waals surface area contributed by atoms with Crippen LogP contribution in [0.15, 0.2) is 33.9 Å². The van der Waals surface area contributed by atoms with E-state index >= 15 is 0 Å². The van der Waals surface area contributed by atoms with Crippen molar-refractivity contribution in [2.75, 3.05) is 5.75 Å². The zero-order valence-electron chi connectivity index (χ0n) is 12.5. The Bertz CT molecular complexity index is 558. The van der Waals surface area contributed by atoms with E-state index in [-0.39, 0.29) is 0 Å². The standard InChI is InChI=1S/C17H22N2OS/c1-13-7-9-14(10-8-13)11-12-21-17-19-18-16(20-17)15-5-3-2-4-6-15/h7-10,15H,2-6,11-12H2,1H3. The third-order valence-corrected chi connectivity index (χ3v) is 4.93. The molecule has 0 spiro atoms. The molecule has 4 heteroatoms. The van der Waals surface area contributed by atoms with Crippen LogP contribution >= 0.6 is 11.8 Å². The van der Waals surface area contributed by atoms with Gasteiger partial charge < -0.3 is 4.42 Å². The fourth-order valence-corrected chi connectivity index (χ4v) is 3.56. The first-order valence-electron chi connectivity index (χ1n) is 7.83. The Morgan fingerprint density at radius 2 is 1.86 bits per heavy atom. The molecule has 1 fully saturated rings. The van der Waals surface area contributed by atoms with Crippen molar-refractivity contribution >= 4 is 11.8 Å². The fourth-order valence-electron chi connectivity index (χ4n) is 2.80. The van der Waals surface area contributed by atoms with Gasteiger partial charge in [-0.1, -0.05) is 60.9 Å². The zero-order chi connectivity index (χ0) is 14.5. The fraction of sp³-hybridized carbons (Fsp3) is 0.529. The third-order valence-electron chi connectivity index (χ3n) is 4.11. The minimum absolute atomic E-state index is 0.498. The molecule has 0 unspecified atom stereocenters. The largest absolute Gasteiger partial charge is 0.416 e. The van der Waals surface area contributed by atoms with E-state index < -0.39 is 0 Å². The number of thioether (sulfide) groups is 1. The lowest BCUT2D eigenvalue weighted by molar-refractivity contribution is 0.334. The van der Waals surface area contributed by atoms with Gasteiger partial charge in [0.25, 0.3) is 5.22 Å². The number of hydrogen-bond acceptors (Lipinski definition) is 4. The molecule has 2 aromatic rings. The summed E-state index contributed by atoms with van der Waals surface area (Å²) in [7, 11) is 0. The summed E-state index contributed by atoms with van der Waals surface area (Å²) >= 11 is 1.66. The third kappa shape index (κ3) is 4.10. The van der Waals surface area contributed by atoms with E-state index in [1.165, 1.54) is 43.2 Å². The van der Waals surface area contributed by atoms with Crippen LogP contribution in [-0.4, -0.2) is 16.0 Å². The predicted octanol–water partition coefficient (Wildman–Crippen LogP) is 4.76. The first-order valence-corrected chi connectivity index (χ1v) is 8.81. The van der Waals surface area contributed by atoms with Gasteiger partial charge in [0.2, 0.25) is 5.89 Å². The highest BCUT2D eigenvalue weighted by Gasteiger charge is 2.21. The number of hydrogen-bond donors (Lipinski definition) is 0. The quantitative estimate of drug-likeness (QED) is 0.746. The highest BCUT2D eigenvalue weighted by molar-refractivity contribution is 7.99. The molecular formula is C17H22N2OS. The maximum Gasteiger partial charge on any atom is 0.276 e. The number of benzene rings is 1. The van der Waals surface area contributed by atoms with Crippen LogP contribution in [0.3, 0.4) is 0 Å². The molecule has 3 nitrogen and oxygen atoms in total. The normalized spacial score (nSPS) is 16.2. The molecule has 1 aromatic heterocycles. The summed E-state index contributed by atoms with van der Waals surface area (Å²) in [6.45, 7) is 2.11. The first-order chi connectivity index (χ1) is 10.3. The number of nitrogens with zero attached hydrogens (tertiary/aromatic N) is 2. The van der Waals surface area contributed by atoms with Gasteiger partial charge in [0, 0.05) is 11.7 Å². The van der Waals surface area contributed by atoms with Crippen LogP contribution in [0.25, 0.3) is 0 Å². The van der Waals surface area contributed by atoms with E-state index in [4.69, 9.17) is 4.42 Å². The molecule has 3 rings (SSSR count). The lowest BCUT2D eigenvalue weighted by Crippen LogP contribution is -2.04. The lowest BCUT2D eigenvalue weighted by atomic mass is 9.89. The van der Waals surface area contributed by atoms with Crippen LogP contribution in [-0.2, 0) is 6.42 Å². The van der Waals surface area contributed by atoms with Gasteiger partial charge in [0.15, 0.2) is 0 Å². The van der Waals surface area contributed by atoms with E-state index in [1.807, 2.05) is 0 Å². The topological polar surface area (TPSA) is 38.9 Å². The van der Waals surface area contributed by atoms with E-state index in [0.29, 0.717) is 5.92 Å². The predicted molar refractivity (Wildman–Crippen MR) is 85.7 cm³/mol. The van der Waals surface area contributed by atoms with E-state index in [9.17, 15) is 0 Å². The molecule has 0 bridgehead atoms. The maximum atomic E-state index is 5.82. The Labute approximate surface area is 130 Å². The van der Waals surface area contributed by atoms with Gasteiger partial charge in [-0.2, -0.15) is 0 Å². The molecule has 0 N–H and O–H groups in total. The van der Waals surface area contributed by atoms with Crippen LogP contribution in [0.4, 0.5) is 0 Å². The molecule has 0 saturated heterocycles. The van der Waals surface area contributed by atoms with Crippen molar-refractivity contribution in [2.45, 2.75) is 56.6 Å². The molecule has 1 heterocycles. The second-order valence-electron chi connectivity index (χ2n) is 5.83. The Morgan fingerprint density at radius 3 is 2.62 bits per heavy atom. The maximum absolute atomic E-state index is 5.82. The SMILES string of the molecule is Cc1ccc(CCSc2nnc(C3CCCCC3)o2)cc1. The second kappa shape index (κ2) is 7.12. The highest BCUT2D eigenvalue weighted by atomic mass is 32.2. The molecule has 0 amide bonds. The number of aryl methyl sites for hydroxylation is 2. The summed E-state index contributed by atoms with van der Waals surface area (Å²) in [5, 5.41) is 9.15. The van der Waals surface area contributed by atoms with Gasteiger partial charge >= 0.3 is 0 Å². The summed E-state index contributed by atoms with van der Waals surface area (Å²) < 4.78 is 5.82. The van der Waals surface area contributed by atoms with E-state index in [2.05, 4.69) is 41.4 Å². The van der Waals surface area contributed by atoms with Crippen molar-refractivity contribution in [1.29, 1.82) is 0 Å². The Morgan fingerprint density at radius 1 is 1.10 bits per heavy atom. The molecule has 21 heavy (non-hydrogen) atoms. The summed E-state index contributed by atoms with van der Waals surface area (Å²) in [5.41, 5.74) is 2.67. The van der Waals surface area contributed by atoms with Crippen LogP contribution in [0.1, 0.15) is 55.0 Å². The van der Waals surface area contributed by atoms with Gasteiger partial charge in [0.05, 0.1) is 0 Å². The molecule has 1 aliphatic rings. The van der Waals surface area contributed by atoms with Crippen molar-refractivity contribution in [3.8, 4) is 0 Å². The molecule has 0 aliphatic heterocycles. The summed E-state index contributed by atoms with van der Waals surface area (Å²) in [4.78, 5) is 0. The molecule has 1 aromatic carbocycles. The van der Waals surface area contributed by atoms with Crippen molar-refractivity contribution in [3.05, 3.63) is 41.3 Å². The molecule has 112 valence electrons. The van der Waals surface area contributed by atoms with Crippen molar-refractivity contribution in [3.63, 3.8) is 0 Å². The Kier molecular flexibility index (Phi) is 4.96. The van der Waals surface area contributed by atoms with Crippen LogP contribution in [0.5, 0.6) is 0 Å². The smallest absolute Gasteiger partial charge is 0.276 e. The minimum Gasteiger partial charge on any atom is -0.416 e. The zero-order valence-corrected chi connectivity index (χ0v) is 13.4. The average molecular weight is 302 g/mol. The van der Waals surface area contributed by atoms with E-state index in [0.717, 1.165) is 23.3 Å². The van der Waals surface area contributed by atoms with Gasteiger partial charge in [-0.25, -0.2) is 0 Å². The lowest BCUT2D eigenvalue weighted by Gasteiger charge is -2.17. The van der Waals surface area contributed by atoms with Gasteiger partial charge in [0.1, 0.15) is 0 Å². The molecule has 0 radical (unpaired) electrons. The monoisotopic (exact) mass is 302 g/mol. The van der Waals surface area contributed by atoms with Crippen LogP contribution in [0.2, 0.25) is 0 Å². The molecule has 0 atom stereocenters. The van der Waals surface area contributed by atoms with Crippen molar-refractivity contribution < 1.29 is 4.42 Å². The van der Waals surface area contributed by atoms with E-state index in [1.54, 1.807) is 11.8 Å². The molecular weight excluding hydrogens is 280 g/mol. The van der Waals surface area contributed by atoms with Crippen LogP contribution in [0, 0.1) is 6.92 Å². The molecule has 1 aliphatic carbocycles. The first kappa shape index (κ1) is 14.6. The van der Waals surface area contributed by atoms with Gasteiger partial charge in [-0.3, -0.25) is 0 Å². The van der Waals surface area contributed by atoms with Crippen molar-refractivity contribution in [1.82, 2.24) is 10.2 Å². The Hall–Kier alpha value is -1.29.